The molecule has 1 aliphatic heterocycles. The smallest absolute Gasteiger partial charge is 0.340 e. The van der Waals surface area contributed by atoms with Crippen molar-refractivity contribution in [3.05, 3.63) is 52.1 Å². The number of hydrogen-bond acceptors (Lipinski definition) is 6. The molecule has 1 aromatic carbocycles. The van der Waals surface area contributed by atoms with Crippen molar-refractivity contribution in [3.8, 4) is 11.5 Å². The largest absolute Gasteiger partial charge is 0.506 e. The lowest BCUT2D eigenvalue weighted by Crippen LogP contribution is -2.25. The molecule has 2 aliphatic rings. The number of rotatable bonds is 6. The summed E-state index contributed by atoms with van der Waals surface area (Å²) in [5, 5.41) is 13.8. The molecule has 9 heteroatoms. The molecule has 1 saturated carbocycles. The molecule has 2 heterocycles. The normalized spacial score (nSPS) is 19.8. The average molecular weight is 462 g/mol. The fraction of sp³-hybridized carbons (Fsp3) is 0.458. The van der Waals surface area contributed by atoms with Crippen LogP contribution in [0.5, 0.6) is 11.5 Å². The average Bonchev–Trinajstić information content (AvgIpc) is 3.18. The van der Waals surface area contributed by atoms with Crippen molar-refractivity contribution in [3.63, 3.8) is 0 Å². The fourth-order valence-corrected chi connectivity index (χ4v) is 4.42. The third kappa shape index (κ3) is 5.12. The molecule has 2 aromatic rings. The molecule has 0 bridgehead atoms. The number of aromatic hydroxyl groups is 1. The van der Waals surface area contributed by atoms with Crippen LogP contribution in [0.4, 0.5) is 13.2 Å². The summed E-state index contributed by atoms with van der Waals surface area (Å²) in [6.45, 7) is 3.39. The number of aryl methyl sites for hydroxylation is 1. The van der Waals surface area contributed by atoms with E-state index in [9.17, 15) is 18.7 Å². The standard InChI is InChI=1S/C24H25F3N2O4/c1-13-8-20(32-12-17-10-21(31)33-29-17)22(25)14(2)18(13)9-16-5-6-19(30)23(28-16)15-4-3-7-24(26,27)11-15/h5-6,8,15,30H,3-4,7,9-12H2,1-2H3. The first-order chi connectivity index (χ1) is 15.6. The molecular formula is C24H25F3N2O4. The molecule has 1 N–H and O–H groups in total. The number of aromatic nitrogens is 1. The van der Waals surface area contributed by atoms with Crippen molar-refractivity contribution >= 4 is 11.7 Å². The van der Waals surface area contributed by atoms with E-state index >= 15 is 4.39 Å². The van der Waals surface area contributed by atoms with E-state index in [2.05, 4.69) is 15.0 Å². The van der Waals surface area contributed by atoms with Gasteiger partial charge in [-0.2, -0.15) is 0 Å². The maximum atomic E-state index is 15.0. The molecule has 0 spiro atoms. The highest BCUT2D eigenvalue weighted by Gasteiger charge is 2.38. The Morgan fingerprint density at radius 1 is 1.30 bits per heavy atom. The van der Waals surface area contributed by atoms with Crippen molar-refractivity contribution < 1.29 is 32.6 Å². The zero-order valence-electron chi connectivity index (χ0n) is 18.5. The highest BCUT2D eigenvalue weighted by molar-refractivity contribution is 6.02. The quantitative estimate of drug-likeness (QED) is 0.604. The van der Waals surface area contributed by atoms with E-state index in [4.69, 9.17) is 4.74 Å². The second kappa shape index (κ2) is 9.03. The van der Waals surface area contributed by atoms with Crippen LogP contribution in [0, 0.1) is 19.7 Å². The lowest BCUT2D eigenvalue weighted by Gasteiger charge is -2.29. The van der Waals surface area contributed by atoms with Crippen molar-refractivity contribution in [2.45, 2.75) is 64.2 Å². The summed E-state index contributed by atoms with van der Waals surface area (Å²) < 4.78 is 48.3. The van der Waals surface area contributed by atoms with Gasteiger partial charge in [0, 0.05) is 30.9 Å². The summed E-state index contributed by atoms with van der Waals surface area (Å²) in [6.07, 6.45) is 0.727. The summed E-state index contributed by atoms with van der Waals surface area (Å²) in [4.78, 5) is 20.1. The van der Waals surface area contributed by atoms with Gasteiger partial charge in [0.05, 0.1) is 12.1 Å². The number of halogens is 3. The fourth-order valence-electron chi connectivity index (χ4n) is 4.42. The Balaban J connectivity index is 1.54. The minimum absolute atomic E-state index is 0.0133. The van der Waals surface area contributed by atoms with Crippen LogP contribution in [0.2, 0.25) is 0 Å². The van der Waals surface area contributed by atoms with Crippen molar-refractivity contribution in [2.24, 2.45) is 5.16 Å². The van der Waals surface area contributed by atoms with E-state index in [0.29, 0.717) is 35.4 Å². The van der Waals surface area contributed by atoms with Crippen LogP contribution in [0.1, 0.15) is 66.1 Å². The van der Waals surface area contributed by atoms with Crippen molar-refractivity contribution in [2.75, 3.05) is 6.61 Å². The van der Waals surface area contributed by atoms with Crippen molar-refractivity contribution in [1.29, 1.82) is 0 Å². The first-order valence-electron chi connectivity index (χ1n) is 10.9. The molecule has 4 rings (SSSR count). The lowest BCUT2D eigenvalue weighted by molar-refractivity contribution is -0.140. The van der Waals surface area contributed by atoms with Crippen LogP contribution in [-0.2, 0) is 16.1 Å². The molecule has 0 saturated heterocycles. The highest BCUT2D eigenvalue weighted by atomic mass is 19.3. The molecule has 0 radical (unpaired) electrons. The number of carbonyl (C=O) groups excluding carboxylic acids is 1. The SMILES string of the molecule is Cc1cc(OCC2=NOC(=O)C2)c(F)c(C)c1Cc1ccc(O)c(C2CCCC(F)(F)C2)n1. The van der Waals surface area contributed by atoms with Crippen LogP contribution in [0.15, 0.2) is 23.4 Å². The minimum atomic E-state index is -2.76. The molecule has 1 unspecified atom stereocenters. The summed E-state index contributed by atoms with van der Waals surface area (Å²) in [5.41, 5.74) is 3.07. The van der Waals surface area contributed by atoms with Gasteiger partial charge in [0.2, 0.25) is 5.92 Å². The lowest BCUT2D eigenvalue weighted by atomic mass is 9.83. The van der Waals surface area contributed by atoms with E-state index < -0.39 is 23.6 Å². The number of pyridine rings is 1. The van der Waals surface area contributed by atoms with Gasteiger partial charge in [-0.3, -0.25) is 4.98 Å². The van der Waals surface area contributed by atoms with E-state index in [-0.39, 0.29) is 49.5 Å². The first-order valence-corrected chi connectivity index (χ1v) is 10.9. The summed E-state index contributed by atoms with van der Waals surface area (Å²) >= 11 is 0. The van der Waals surface area contributed by atoms with Gasteiger partial charge in [-0.25, -0.2) is 18.0 Å². The second-order valence-electron chi connectivity index (χ2n) is 8.73. The van der Waals surface area contributed by atoms with Gasteiger partial charge in [-0.1, -0.05) is 5.16 Å². The number of alkyl halides is 2. The first kappa shape index (κ1) is 23.1. The third-order valence-corrected chi connectivity index (χ3v) is 6.19. The number of hydrogen-bond donors (Lipinski definition) is 1. The second-order valence-corrected chi connectivity index (χ2v) is 8.73. The predicted molar refractivity (Wildman–Crippen MR) is 114 cm³/mol. The maximum Gasteiger partial charge on any atom is 0.340 e. The van der Waals surface area contributed by atoms with Crippen LogP contribution < -0.4 is 4.74 Å². The molecule has 6 nitrogen and oxygen atoms in total. The topological polar surface area (TPSA) is 81.0 Å². The predicted octanol–water partition coefficient (Wildman–Crippen LogP) is 5.11. The zero-order chi connectivity index (χ0) is 23.8. The molecule has 1 atom stereocenters. The Morgan fingerprint density at radius 2 is 2.09 bits per heavy atom. The molecule has 1 aromatic heterocycles. The van der Waals surface area contributed by atoms with E-state index in [1.807, 2.05) is 6.92 Å². The maximum absolute atomic E-state index is 15.0. The zero-order valence-corrected chi connectivity index (χ0v) is 18.5. The number of oxime groups is 1. The molecule has 176 valence electrons. The molecule has 1 fully saturated rings. The van der Waals surface area contributed by atoms with Gasteiger partial charge in [0.15, 0.2) is 11.6 Å². The van der Waals surface area contributed by atoms with Gasteiger partial charge < -0.3 is 14.7 Å². The van der Waals surface area contributed by atoms with Crippen LogP contribution in [-0.4, -0.2) is 34.3 Å². The van der Waals surface area contributed by atoms with Crippen LogP contribution in [0.25, 0.3) is 0 Å². The number of ether oxygens (including phenoxy) is 1. The van der Waals surface area contributed by atoms with Crippen molar-refractivity contribution in [1.82, 2.24) is 4.98 Å². The Morgan fingerprint density at radius 3 is 2.79 bits per heavy atom. The van der Waals surface area contributed by atoms with Gasteiger partial charge >= 0.3 is 5.97 Å². The number of carbonyl (C=O) groups is 1. The van der Waals surface area contributed by atoms with Crippen LogP contribution in [0.3, 0.4) is 0 Å². The monoisotopic (exact) mass is 462 g/mol. The van der Waals surface area contributed by atoms with Gasteiger partial charge in [-0.05, 0) is 61.6 Å². The summed E-state index contributed by atoms with van der Waals surface area (Å²) in [7, 11) is 0. The molecule has 0 amide bonds. The number of benzene rings is 1. The summed E-state index contributed by atoms with van der Waals surface area (Å²) in [5.74, 6) is -4.34. The Hall–Kier alpha value is -3.10. The Bertz CT molecular complexity index is 1120. The van der Waals surface area contributed by atoms with Gasteiger partial charge in [0.1, 0.15) is 18.1 Å². The molecular weight excluding hydrogens is 437 g/mol. The van der Waals surface area contributed by atoms with Gasteiger partial charge in [0.25, 0.3) is 0 Å². The van der Waals surface area contributed by atoms with Crippen LogP contribution >= 0.6 is 0 Å². The third-order valence-electron chi connectivity index (χ3n) is 6.19. The van der Waals surface area contributed by atoms with E-state index in [1.54, 1.807) is 19.1 Å². The Kier molecular flexibility index (Phi) is 6.32. The highest BCUT2D eigenvalue weighted by Crippen LogP contribution is 2.43. The molecule has 1 aliphatic carbocycles. The summed E-state index contributed by atoms with van der Waals surface area (Å²) in [6, 6.07) is 4.66. The van der Waals surface area contributed by atoms with E-state index in [1.165, 1.54) is 6.07 Å². The minimum Gasteiger partial charge on any atom is -0.506 e. The number of nitrogens with zero attached hydrogens (tertiary/aromatic N) is 2. The Labute approximate surface area is 189 Å². The van der Waals surface area contributed by atoms with Gasteiger partial charge in [-0.15, -0.1) is 0 Å². The van der Waals surface area contributed by atoms with E-state index in [0.717, 1.165) is 5.56 Å². The molecule has 33 heavy (non-hydrogen) atoms.